The molecular weight excluding hydrogens is 273 g/mol. The molecule has 0 aliphatic heterocycles. The fourth-order valence-corrected chi connectivity index (χ4v) is 0.582. The topological polar surface area (TPSA) is 9.23 Å². The van der Waals surface area contributed by atoms with Gasteiger partial charge in [0, 0.05) is 5.75 Å². The van der Waals surface area contributed by atoms with E-state index in [0.717, 1.165) is 0 Å². The maximum atomic E-state index is 12.1. The minimum Gasteiger partial charge on any atom is -1.00 e. The Kier molecular flexibility index (Phi) is 9.43. The van der Waals surface area contributed by atoms with Crippen molar-refractivity contribution in [1.29, 1.82) is 0 Å². The maximum absolute atomic E-state index is 12.1. The number of hydrogen-bond acceptors (Lipinski definition) is 1. The first-order valence-corrected chi connectivity index (χ1v) is 3.05. The summed E-state index contributed by atoms with van der Waals surface area (Å²) in [7, 11) is 0. The Bertz CT molecular complexity index is 288. The second kappa shape index (κ2) is 8.13. The molecule has 0 fully saturated rings. The molecule has 72 valence electrons. The van der Waals surface area contributed by atoms with Gasteiger partial charge in [-0.15, -0.1) is 12.1 Å². The van der Waals surface area contributed by atoms with Gasteiger partial charge in [-0.05, 0) is 0 Å². The van der Waals surface area contributed by atoms with Gasteiger partial charge in [0.05, 0.1) is 0 Å². The molecule has 0 atom stereocenters. The van der Waals surface area contributed by atoms with E-state index >= 15 is 0 Å². The Morgan fingerprint density at radius 2 is 1.93 bits per heavy atom. The number of benzene rings is 1. The summed E-state index contributed by atoms with van der Waals surface area (Å²) in [6.07, 6.45) is -2.47. The first-order valence-electron chi connectivity index (χ1n) is 3.05. The van der Waals surface area contributed by atoms with E-state index in [1.807, 2.05) is 0 Å². The fourth-order valence-electron chi connectivity index (χ4n) is 0.582. The minimum atomic E-state index is -2.47. The standard InChI is InChI=1S/C8H4F3O.BrH.Mg/c9-7(10)8(11)12-6-4-2-1-3-5-6;;/h1-2,4-5H;1H;/q-1;;+2/p-1. The summed E-state index contributed by atoms with van der Waals surface area (Å²) in [5.41, 5.74) is 0. The van der Waals surface area contributed by atoms with Gasteiger partial charge < -0.3 is 21.7 Å². The summed E-state index contributed by atoms with van der Waals surface area (Å²) < 4.78 is 39.2. The largest absolute Gasteiger partial charge is 2.00 e. The second-order valence-corrected chi connectivity index (χ2v) is 1.88. The molecule has 0 bridgehead atoms. The van der Waals surface area contributed by atoms with Crippen LogP contribution in [0.5, 0.6) is 5.75 Å². The summed E-state index contributed by atoms with van der Waals surface area (Å²) in [5.74, 6) is -0.0113. The molecule has 0 aliphatic rings. The quantitative estimate of drug-likeness (QED) is 0.403. The van der Waals surface area contributed by atoms with Crippen molar-refractivity contribution in [2.75, 3.05) is 0 Å². The summed E-state index contributed by atoms with van der Waals surface area (Å²) in [5, 5.41) is 0. The molecule has 0 aliphatic carbocycles. The van der Waals surface area contributed by atoms with Crippen LogP contribution in [0.1, 0.15) is 0 Å². The van der Waals surface area contributed by atoms with Gasteiger partial charge in [-0.3, -0.25) is 0 Å². The van der Waals surface area contributed by atoms with Crippen molar-refractivity contribution in [3.63, 3.8) is 0 Å². The average molecular weight is 277 g/mol. The molecule has 0 spiro atoms. The molecule has 0 unspecified atom stereocenters. The molecule has 0 N–H and O–H groups in total. The Labute approximate surface area is 106 Å². The Morgan fingerprint density at radius 1 is 1.29 bits per heavy atom. The third kappa shape index (κ3) is 5.51. The molecule has 14 heavy (non-hydrogen) atoms. The first-order chi connectivity index (χ1) is 5.70. The number of halogens is 4. The van der Waals surface area contributed by atoms with E-state index in [1.54, 1.807) is 6.07 Å². The van der Waals surface area contributed by atoms with Crippen LogP contribution in [0.15, 0.2) is 36.4 Å². The summed E-state index contributed by atoms with van der Waals surface area (Å²) in [4.78, 5) is 0. The number of ether oxygens (including phenoxy) is 1. The first kappa shape index (κ1) is 16.2. The van der Waals surface area contributed by atoms with Crippen LogP contribution in [-0.2, 0) is 0 Å². The van der Waals surface area contributed by atoms with Gasteiger partial charge in [0.2, 0.25) is 0 Å². The monoisotopic (exact) mass is 276 g/mol. The van der Waals surface area contributed by atoms with Gasteiger partial charge in [0.15, 0.2) is 0 Å². The van der Waals surface area contributed by atoms with Crippen molar-refractivity contribution in [2.45, 2.75) is 0 Å². The number of rotatable bonds is 2. The fraction of sp³-hybridized carbons (Fsp3) is 0. The van der Waals surface area contributed by atoms with Gasteiger partial charge in [0.25, 0.3) is 0 Å². The van der Waals surface area contributed by atoms with Crippen molar-refractivity contribution in [3.8, 4) is 5.75 Å². The van der Waals surface area contributed by atoms with Crippen LogP contribution in [-0.4, -0.2) is 23.1 Å². The maximum Gasteiger partial charge on any atom is 2.00 e. The van der Waals surface area contributed by atoms with Crippen molar-refractivity contribution in [1.82, 2.24) is 0 Å². The molecule has 0 aromatic heterocycles. The summed E-state index contributed by atoms with van der Waals surface area (Å²) in [6.45, 7) is 0. The van der Waals surface area contributed by atoms with Crippen molar-refractivity contribution in [2.24, 2.45) is 0 Å². The van der Waals surface area contributed by atoms with Crippen molar-refractivity contribution in [3.05, 3.63) is 42.4 Å². The van der Waals surface area contributed by atoms with E-state index in [0.29, 0.717) is 0 Å². The Balaban J connectivity index is 0. The van der Waals surface area contributed by atoms with Crippen LogP contribution in [0, 0.1) is 6.07 Å². The predicted molar refractivity (Wildman–Crippen MR) is 42.0 cm³/mol. The van der Waals surface area contributed by atoms with Crippen molar-refractivity contribution < 1.29 is 34.9 Å². The molecule has 1 aromatic carbocycles. The second-order valence-electron chi connectivity index (χ2n) is 1.88. The molecule has 0 saturated heterocycles. The van der Waals surface area contributed by atoms with Gasteiger partial charge in [0.1, 0.15) is 0 Å². The SMILES string of the molecule is FC(F)=C(F)Oc1c[c-]ccc1.[Br-].[Mg+2]. The Morgan fingerprint density at radius 3 is 2.36 bits per heavy atom. The van der Waals surface area contributed by atoms with Crippen LogP contribution < -0.4 is 21.7 Å². The van der Waals surface area contributed by atoms with Crippen LogP contribution in [0.3, 0.4) is 0 Å². The molecular formula is C8H4BrF3MgO. The van der Waals surface area contributed by atoms with Crippen LogP contribution >= 0.6 is 0 Å². The smallest absolute Gasteiger partial charge is 1.00 e. The molecule has 1 nitrogen and oxygen atoms in total. The number of hydrogen-bond donors (Lipinski definition) is 0. The molecule has 0 heterocycles. The third-order valence-electron chi connectivity index (χ3n) is 1.03. The summed E-state index contributed by atoms with van der Waals surface area (Å²) in [6, 6.07) is 6.31. The van der Waals surface area contributed by atoms with Crippen molar-refractivity contribution >= 4 is 23.1 Å². The van der Waals surface area contributed by atoms with Gasteiger partial charge in [-0.25, -0.2) is 0 Å². The van der Waals surface area contributed by atoms with Crippen LogP contribution in [0.25, 0.3) is 0 Å². The zero-order valence-corrected chi connectivity index (χ0v) is 9.94. The van der Waals surface area contributed by atoms with Gasteiger partial charge in [-0.2, -0.15) is 31.4 Å². The third-order valence-corrected chi connectivity index (χ3v) is 1.03. The van der Waals surface area contributed by atoms with E-state index in [-0.39, 0.29) is 45.8 Å². The molecule has 1 rings (SSSR count). The molecule has 1 aromatic rings. The minimum absolute atomic E-state index is 0. The van der Waals surface area contributed by atoms with E-state index in [4.69, 9.17) is 0 Å². The van der Waals surface area contributed by atoms with E-state index in [9.17, 15) is 13.2 Å². The average Bonchev–Trinajstić information content (AvgIpc) is 2.06. The predicted octanol–water partition coefficient (Wildman–Crippen LogP) is -0.476. The summed E-state index contributed by atoms with van der Waals surface area (Å²) >= 11 is 0. The van der Waals surface area contributed by atoms with Gasteiger partial charge >= 0.3 is 35.1 Å². The normalized spacial score (nSPS) is 7.93. The Hall–Kier alpha value is -0.204. The van der Waals surface area contributed by atoms with Crippen LogP contribution in [0.2, 0.25) is 0 Å². The molecule has 0 saturated carbocycles. The van der Waals surface area contributed by atoms with Gasteiger partial charge in [-0.1, -0.05) is 0 Å². The zero-order valence-electron chi connectivity index (χ0n) is 6.94. The van der Waals surface area contributed by atoms with E-state index in [2.05, 4.69) is 10.8 Å². The molecule has 0 amide bonds. The van der Waals surface area contributed by atoms with E-state index < -0.39 is 12.1 Å². The molecule has 6 heteroatoms. The van der Waals surface area contributed by atoms with Crippen LogP contribution in [0.4, 0.5) is 13.2 Å². The molecule has 0 radical (unpaired) electrons. The zero-order chi connectivity index (χ0) is 8.97. The van der Waals surface area contributed by atoms with E-state index in [1.165, 1.54) is 18.2 Å².